The van der Waals surface area contributed by atoms with E-state index in [1.165, 1.54) is 31.0 Å². The van der Waals surface area contributed by atoms with Crippen LogP contribution in [0.2, 0.25) is 0 Å². The number of carbonyl (C=O) groups is 1. The molecule has 176 valence electrons. The fourth-order valence-electron chi connectivity index (χ4n) is 4.91. The smallest absolute Gasteiger partial charge is 0.235 e. The zero-order chi connectivity index (χ0) is 23.7. The molecule has 2 fully saturated rings. The molecule has 0 aliphatic heterocycles. The summed E-state index contributed by atoms with van der Waals surface area (Å²) in [5.41, 5.74) is 3.51. The van der Waals surface area contributed by atoms with Gasteiger partial charge in [-0.1, -0.05) is 31.0 Å². The monoisotopic (exact) mass is 475 g/mol. The van der Waals surface area contributed by atoms with Crippen molar-refractivity contribution < 1.29 is 4.79 Å². The van der Waals surface area contributed by atoms with Crippen LogP contribution in [0.5, 0.6) is 0 Å². The Morgan fingerprint density at radius 1 is 1.15 bits per heavy atom. The molecule has 9 heteroatoms. The molecule has 3 heterocycles. The Labute approximate surface area is 203 Å². The van der Waals surface area contributed by atoms with Crippen LogP contribution >= 0.6 is 11.8 Å². The summed E-state index contributed by atoms with van der Waals surface area (Å²) < 4.78 is 4.33. The van der Waals surface area contributed by atoms with E-state index >= 15 is 0 Å². The van der Waals surface area contributed by atoms with Crippen LogP contribution in [0, 0.1) is 25.2 Å². The molecular weight excluding hydrogens is 446 g/mol. The Morgan fingerprint density at radius 3 is 2.59 bits per heavy atom. The van der Waals surface area contributed by atoms with E-state index in [0.29, 0.717) is 23.5 Å². The fraction of sp³-hybridized carbons (Fsp3) is 0.480. The summed E-state index contributed by atoms with van der Waals surface area (Å²) in [6.45, 7) is 4.02. The number of carbonyl (C=O) groups excluding carboxylic acids is 1. The number of anilines is 1. The highest BCUT2D eigenvalue weighted by Crippen LogP contribution is 2.41. The SMILES string of the molecule is Cc1c(C#N)c(NC(=O)CSc2nnc(-c3cccnc3)n2C2CC2)n(C2CCCCC2)c1C. The van der Waals surface area contributed by atoms with Gasteiger partial charge in [-0.05, 0) is 57.2 Å². The summed E-state index contributed by atoms with van der Waals surface area (Å²) >= 11 is 1.39. The van der Waals surface area contributed by atoms with Gasteiger partial charge in [0.05, 0.1) is 11.3 Å². The quantitative estimate of drug-likeness (QED) is 0.471. The zero-order valence-corrected chi connectivity index (χ0v) is 20.4. The van der Waals surface area contributed by atoms with Gasteiger partial charge < -0.3 is 9.88 Å². The van der Waals surface area contributed by atoms with Crippen molar-refractivity contribution in [3.63, 3.8) is 0 Å². The first-order chi connectivity index (χ1) is 16.6. The molecule has 3 aromatic rings. The van der Waals surface area contributed by atoms with E-state index in [0.717, 1.165) is 53.5 Å². The first-order valence-electron chi connectivity index (χ1n) is 12.0. The van der Waals surface area contributed by atoms with E-state index < -0.39 is 0 Å². The summed E-state index contributed by atoms with van der Waals surface area (Å²) in [4.78, 5) is 17.3. The van der Waals surface area contributed by atoms with Crippen LogP contribution < -0.4 is 5.32 Å². The molecule has 0 unspecified atom stereocenters. The second kappa shape index (κ2) is 9.63. The maximum atomic E-state index is 13.1. The molecule has 0 spiro atoms. The van der Waals surface area contributed by atoms with Crippen LogP contribution in [0.15, 0.2) is 29.7 Å². The van der Waals surface area contributed by atoms with Gasteiger partial charge in [-0.2, -0.15) is 5.26 Å². The Morgan fingerprint density at radius 2 is 1.91 bits per heavy atom. The molecule has 2 saturated carbocycles. The van der Waals surface area contributed by atoms with Crippen LogP contribution in [0.1, 0.15) is 73.9 Å². The average molecular weight is 476 g/mol. The molecular formula is C25H29N7OS. The molecule has 2 aliphatic carbocycles. The van der Waals surface area contributed by atoms with Gasteiger partial charge in [0.25, 0.3) is 0 Å². The Kier molecular flexibility index (Phi) is 6.42. The van der Waals surface area contributed by atoms with Gasteiger partial charge in [0.15, 0.2) is 11.0 Å². The molecule has 0 radical (unpaired) electrons. The minimum atomic E-state index is -0.135. The number of nitriles is 1. The first kappa shape index (κ1) is 22.7. The van der Waals surface area contributed by atoms with Gasteiger partial charge in [0, 0.05) is 35.7 Å². The van der Waals surface area contributed by atoms with Gasteiger partial charge in [-0.3, -0.25) is 14.3 Å². The van der Waals surface area contributed by atoms with E-state index in [9.17, 15) is 10.1 Å². The van der Waals surface area contributed by atoms with Crippen molar-refractivity contribution >= 4 is 23.5 Å². The fourth-order valence-corrected chi connectivity index (χ4v) is 5.72. The van der Waals surface area contributed by atoms with E-state index in [1.54, 1.807) is 12.4 Å². The number of amides is 1. The number of hydrogen-bond donors (Lipinski definition) is 1. The number of aromatic nitrogens is 5. The molecule has 2 aliphatic rings. The summed E-state index contributed by atoms with van der Waals surface area (Å²) in [5.74, 6) is 1.51. The van der Waals surface area contributed by atoms with Crippen LogP contribution in [0.4, 0.5) is 5.82 Å². The van der Waals surface area contributed by atoms with Gasteiger partial charge >= 0.3 is 0 Å². The van der Waals surface area contributed by atoms with Crippen molar-refractivity contribution in [3.8, 4) is 17.5 Å². The predicted molar refractivity (Wildman–Crippen MR) is 132 cm³/mol. The van der Waals surface area contributed by atoms with E-state index in [1.807, 2.05) is 26.0 Å². The highest BCUT2D eigenvalue weighted by molar-refractivity contribution is 7.99. The lowest BCUT2D eigenvalue weighted by molar-refractivity contribution is -0.113. The maximum Gasteiger partial charge on any atom is 0.235 e. The molecule has 3 aromatic heterocycles. The standard InChI is InChI=1S/C25H29N7OS/c1-16-17(2)31(19-8-4-3-5-9-19)24(21(16)13-26)28-22(33)15-34-25-30-29-23(32(25)20-10-11-20)18-7-6-12-27-14-18/h6-7,12,14,19-20H,3-5,8-11,15H2,1-2H3,(H,28,33). The minimum Gasteiger partial charge on any atom is -0.327 e. The lowest BCUT2D eigenvalue weighted by Crippen LogP contribution is -2.22. The number of hydrogen-bond acceptors (Lipinski definition) is 6. The Hall–Kier alpha value is -3.12. The van der Waals surface area contributed by atoms with Gasteiger partial charge in [0.2, 0.25) is 5.91 Å². The molecule has 5 rings (SSSR count). The molecule has 0 atom stereocenters. The number of pyridine rings is 1. The van der Waals surface area contributed by atoms with Crippen LogP contribution in [0.3, 0.4) is 0 Å². The third-order valence-electron chi connectivity index (χ3n) is 6.89. The number of nitrogens with zero attached hydrogens (tertiary/aromatic N) is 6. The highest BCUT2D eigenvalue weighted by Gasteiger charge is 2.31. The number of rotatable bonds is 7. The van der Waals surface area contributed by atoms with Crippen LogP contribution in [0.25, 0.3) is 11.4 Å². The van der Waals surface area contributed by atoms with E-state index in [4.69, 9.17) is 0 Å². The van der Waals surface area contributed by atoms with E-state index in [-0.39, 0.29) is 11.7 Å². The second-order valence-corrected chi connectivity index (χ2v) is 10.1. The predicted octanol–water partition coefficient (Wildman–Crippen LogP) is 5.20. The lowest BCUT2D eigenvalue weighted by Gasteiger charge is -2.27. The molecule has 1 amide bonds. The van der Waals surface area contributed by atoms with Crippen LogP contribution in [-0.4, -0.2) is 36.0 Å². The van der Waals surface area contributed by atoms with Crippen molar-refractivity contribution in [2.75, 3.05) is 11.1 Å². The largest absolute Gasteiger partial charge is 0.327 e. The molecule has 0 aromatic carbocycles. The third kappa shape index (κ3) is 4.34. The van der Waals surface area contributed by atoms with Crippen molar-refractivity contribution in [1.82, 2.24) is 24.3 Å². The second-order valence-electron chi connectivity index (χ2n) is 9.19. The number of thioether (sulfide) groups is 1. The maximum absolute atomic E-state index is 13.1. The van der Waals surface area contributed by atoms with Crippen molar-refractivity contribution in [2.24, 2.45) is 0 Å². The van der Waals surface area contributed by atoms with Gasteiger partial charge in [-0.25, -0.2) is 0 Å². The van der Waals surface area contributed by atoms with Crippen molar-refractivity contribution in [2.45, 2.75) is 76.0 Å². The molecule has 34 heavy (non-hydrogen) atoms. The summed E-state index contributed by atoms with van der Waals surface area (Å²) in [6.07, 6.45) is 11.5. The zero-order valence-electron chi connectivity index (χ0n) is 19.6. The molecule has 1 N–H and O–H groups in total. The van der Waals surface area contributed by atoms with Crippen molar-refractivity contribution in [1.29, 1.82) is 5.26 Å². The van der Waals surface area contributed by atoms with Crippen molar-refractivity contribution in [3.05, 3.63) is 41.3 Å². The van der Waals surface area contributed by atoms with Gasteiger partial charge in [0.1, 0.15) is 11.9 Å². The minimum absolute atomic E-state index is 0.135. The summed E-state index contributed by atoms with van der Waals surface area (Å²) in [5, 5.41) is 22.4. The summed E-state index contributed by atoms with van der Waals surface area (Å²) in [7, 11) is 0. The van der Waals surface area contributed by atoms with Gasteiger partial charge in [-0.15, -0.1) is 10.2 Å². The third-order valence-corrected chi connectivity index (χ3v) is 7.84. The highest BCUT2D eigenvalue weighted by atomic mass is 32.2. The molecule has 8 nitrogen and oxygen atoms in total. The number of nitrogens with one attached hydrogen (secondary N) is 1. The Balaban J connectivity index is 1.35. The first-order valence-corrected chi connectivity index (χ1v) is 13.0. The normalized spacial score (nSPS) is 16.4. The van der Waals surface area contributed by atoms with Crippen LogP contribution in [-0.2, 0) is 4.79 Å². The molecule has 0 bridgehead atoms. The topological polar surface area (TPSA) is 101 Å². The lowest BCUT2D eigenvalue weighted by atomic mass is 9.95. The van der Waals surface area contributed by atoms with E-state index in [2.05, 4.69) is 35.7 Å². The Bertz CT molecular complexity index is 1230. The summed E-state index contributed by atoms with van der Waals surface area (Å²) in [6, 6.07) is 6.89. The molecule has 0 saturated heterocycles. The average Bonchev–Trinajstić information content (AvgIpc) is 3.57.